The first-order valence-corrected chi connectivity index (χ1v) is 3.38. The van der Waals surface area contributed by atoms with Crippen LogP contribution in [-0.2, 0) is 4.74 Å². The summed E-state index contributed by atoms with van der Waals surface area (Å²) in [6.07, 6.45) is 3.19. The highest BCUT2D eigenvalue weighted by Crippen LogP contribution is 1.96. The van der Waals surface area contributed by atoms with Gasteiger partial charge in [-0.1, -0.05) is 6.08 Å². The molecule has 0 aliphatic carbocycles. The predicted molar refractivity (Wildman–Crippen MR) is 37.4 cm³/mol. The average Bonchev–Trinajstić information content (AvgIpc) is 2.13. The number of ether oxygens (including phenoxy) is 1. The maximum Gasteiger partial charge on any atom is 0.0877 e. The van der Waals surface area contributed by atoms with Crippen molar-refractivity contribution >= 4 is 0 Å². The molecule has 0 bridgehead atoms. The van der Waals surface area contributed by atoms with E-state index >= 15 is 0 Å². The second-order valence-electron chi connectivity index (χ2n) is 2.20. The average molecular weight is 127 g/mol. The molecule has 1 fully saturated rings. The Morgan fingerprint density at radius 3 is 3.33 bits per heavy atom. The summed E-state index contributed by atoms with van der Waals surface area (Å²) in [5, 5.41) is 3.25. The fraction of sp³-hybridized carbons (Fsp3) is 0.714. The first-order chi connectivity index (χ1) is 4.43. The maximum absolute atomic E-state index is 5.37. The van der Waals surface area contributed by atoms with Gasteiger partial charge in [0.1, 0.15) is 0 Å². The van der Waals surface area contributed by atoms with Crippen LogP contribution in [0.15, 0.2) is 12.7 Å². The fourth-order valence-corrected chi connectivity index (χ4v) is 0.886. The van der Waals surface area contributed by atoms with Crippen molar-refractivity contribution in [2.45, 2.75) is 12.5 Å². The Bertz CT molecular complexity index is 84.9. The second-order valence-corrected chi connectivity index (χ2v) is 2.20. The highest BCUT2D eigenvalue weighted by Gasteiger charge is 2.06. The number of nitrogens with one attached hydrogen (secondary N) is 1. The van der Waals surface area contributed by atoms with Crippen LogP contribution in [0.5, 0.6) is 0 Å². The largest absolute Gasteiger partial charge is 0.373 e. The summed E-state index contributed by atoms with van der Waals surface area (Å²) in [4.78, 5) is 0. The van der Waals surface area contributed by atoms with E-state index in [1.807, 2.05) is 6.08 Å². The lowest BCUT2D eigenvalue weighted by atomic mass is 10.3. The zero-order valence-electron chi connectivity index (χ0n) is 5.60. The van der Waals surface area contributed by atoms with E-state index in [9.17, 15) is 0 Å². The van der Waals surface area contributed by atoms with Gasteiger partial charge in [0.05, 0.1) is 6.10 Å². The fourth-order valence-electron chi connectivity index (χ4n) is 0.886. The van der Waals surface area contributed by atoms with E-state index in [0.717, 1.165) is 26.1 Å². The minimum absolute atomic E-state index is 0.229. The molecule has 1 atom stereocenters. The standard InChI is InChI=1S/C7H13NO/c1-2-7-6-8-4-3-5-9-7/h2,7-8H,1,3-6H2/t7-/m0/s1. The quantitative estimate of drug-likeness (QED) is 0.519. The van der Waals surface area contributed by atoms with Gasteiger partial charge < -0.3 is 10.1 Å². The molecule has 0 aromatic rings. The lowest BCUT2D eigenvalue weighted by molar-refractivity contribution is 0.0999. The van der Waals surface area contributed by atoms with Crippen molar-refractivity contribution in [3.63, 3.8) is 0 Å². The van der Waals surface area contributed by atoms with Crippen molar-refractivity contribution in [3.05, 3.63) is 12.7 Å². The Balaban J connectivity index is 2.26. The molecule has 1 saturated heterocycles. The molecular formula is C7H13NO. The molecule has 2 heteroatoms. The summed E-state index contributed by atoms with van der Waals surface area (Å²) in [6.45, 7) is 6.52. The molecule has 0 unspecified atom stereocenters. The monoisotopic (exact) mass is 127 g/mol. The molecule has 0 radical (unpaired) electrons. The van der Waals surface area contributed by atoms with E-state index < -0.39 is 0 Å². The van der Waals surface area contributed by atoms with Crippen LogP contribution >= 0.6 is 0 Å². The minimum Gasteiger partial charge on any atom is -0.373 e. The molecule has 0 aromatic heterocycles. The van der Waals surface area contributed by atoms with Gasteiger partial charge in [-0.2, -0.15) is 0 Å². The first-order valence-electron chi connectivity index (χ1n) is 3.38. The van der Waals surface area contributed by atoms with E-state index in [0.29, 0.717) is 0 Å². The molecule has 1 rings (SSSR count). The van der Waals surface area contributed by atoms with E-state index in [1.54, 1.807) is 0 Å². The number of hydrogen-bond acceptors (Lipinski definition) is 2. The molecule has 0 spiro atoms. The van der Waals surface area contributed by atoms with Crippen molar-refractivity contribution in [1.82, 2.24) is 5.32 Å². The SMILES string of the molecule is C=C[C@H]1CNCCCO1. The third-order valence-electron chi connectivity index (χ3n) is 1.44. The maximum atomic E-state index is 5.37. The van der Waals surface area contributed by atoms with Crippen LogP contribution in [0.4, 0.5) is 0 Å². The summed E-state index contributed by atoms with van der Waals surface area (Å²) < 4.78 is 5.37. The van der Waals surface area contributed by atoms with Crippen LogP contribution in [0, 0.1) is 0 Å². The highest BCUT2D eigenvalue weighted by molar-refractivity contribution is 4.82. The molecular weight excluding hydrogens is 114 g/mol. The van der Waals surface area contributed by atoms with Gasteiger partial charge in [-0.3, -0.25) is 0 Å². The Labute approximate surface area is 55.9 Å². The number of rotatable bonds is 1. The summed E-state index contributed by atoms with van der Waals surface area (Å²) in [6, 6.07) is 0. The summed E-state index contributed by atoms with van der Waals surface area (Å²) in [5.41, 5.74) is 0. The van der Waals surface area contributed by atoms with E-state index in [4.69, 9.17) is 4.74 Å². The second kappa shape index (κ2) is 3.64. The Kier molecular flexibility index (Phi) is 2.74. The third-order valence-corrected chi connectivity index (χ3v) is 1.44. The molecule has 1 heterocycles. The van der Waals surface area contributed by atoms with Crippen molar-refractivity contribution in [3.8, 4) is 0 Å². The van der Waals surface area contributed by atoms with Crippen molar-refractivity contribution in [1.29, 1.82) is 0 Å². The Morgan fingerprint density at radius 1 is 1.67 bits per heavy atom. The van der Waals surface area contributed by atoms with Crippen LogP contribution in [-0.4, -0.2) is 25.8 Å². The van der Waals surface area contributed by atoms with Crippen molar-refractivity contribution in [2.75, 3.05) is 19.7 Å². The normalized spacial score (nSPS) is 29.1. The zero-order chi connectivity index (χ0) is 6.53. The lowest BCUT2D eigenvalue weighted by Gasteiger charge is -2.07. The highest BCUT2D eigenvalue weighted by atomic mass is 16.5. The van der Waals surface area contributed by atoms with Crippen LogP contribution in [0.1, 0.15) is 6.42 Å². The van der Waals surface area contributed by atoms with E-state index in [-0.39, 0.29) is 6.10 Å². The lowest BCUT2D eigenvalue weighted by Crippen LogP contribution is -2.23. The predicted octanol–water partition coefficient (Wildman–Crippen LogP) is 0.551. The smallest absolute Gasteiger partial charge is 0.0877 e. The molecule has 1 N–H and O–H groups in total. The summed E-state index contributed by atoms with van der Waals surface area (Å²) >= 11 is 0. The van der Waals surface area contributed by atoms with E-state index in [1.165, 1.54) is 0 Å². The van der Waals surface area contributed by atoms with Gasteiger partial charge in [-0.15, -0.1) is 6.58 Å². The molecule has 1 aliphatic heterocycles. The number of hydrogen-bond donors (Lipinski definition) is 1. The van der Waals surface area contributed by atoms with Crippen LogP contribution in [0.3, 0.4) is 0 Å². The topological polar surface area (TPSA) is 21.3 Å². The van der Waals surface area contributed by atoms with Gasteiger partial charge in [0.15, 0.2) is 0 Å². The Morgan fingerprint density at radius 2 is 2.56 bits per heavy atom. The molecule has 9 heavy (non-hydrogen) atoms. The van der Waals surface area contributed by atoms with E-state index in [2.05, 4.69) is 11.9 Å². The van der Waals surface area contributed by atoms with Gasteiger partial charge in [-0.25, -0.2) is 0 Å². The van der Waals surface area contributed by atoms with Gasteiger partial charge in [-0.05, 0) is 13.0 Å². The third kappa shape index (κ3) is 2.16. The van der Waals surface area contributed by atoms with Gasteiger partial charge >= 0.3 is 0 Å². The molecule has 52 valence electrons. The molecule has 0 aromatic carbocycles. The van der Waals surface area contributed by atoms with Gasteiger partial charge in [0.25, 0.3) is 0 Å². The summed E-state index contributed by atoms with van der Waals surface area (Å²) in [5.74, 6) is 0. The van der Waals surface area contributed by atoms with Crippen LogP contribution < -0.4 is 5.32 Å². The minimum atomic E-state index is 0.229. The van der Waals surface area contributed by atoms with Crippen molar-refractivity contribution in [2.24, 2.45) is 0 Å². The molecule has 0 amide bonds. The first kappa shape index (κ1) is 6.78. The molecule has 0 saturated carbocycles. The van der Waals surface area contributed by atoms with Crippen LogP contribution in [0.2, 0.25) is 0 Å². The molecule has 2 nitrogen and oxygen atoms in total. The van der Waals surface area contributed by atoms with Gasteiger partial charge in [0, 0.05) is 13.2 Å². The zero-order valence-corrected chi connectivity index (χ0v) is 5.60. The summed E-state index contributed by atoms with van der Waals surface area (Å²) in [7, 11) is 0. The van der Waals surface area contributed by atoms with Crippen LogP contribution in [0.25, 0.3) is 0 Å². The van der Waals surface area contributed by atoms with Crippen molar-refractivity contribution < 1.29 is 4.74 Å². The molecule has 1 aliphatic rings. The Hall–Kier alpha value is -0.340. The van der Waals surface area contributed by atoms with Gasteiger partial charge in [0.2, 0.25) is 0 Å².